The van der Waals surface area contributed by atoms with Gasteiger partial charge in [-0.2, -0.15) is 5.10 Å². The zero-order valence-electron chi connectivity index (χ0n) is 14.8. The van der Waals surface area contributed by atoms with E-state index in [0.29, 0.717) is 31.8 Å². The molecule has 26 heavy (non-hydrogen) atoms. The van der Waals surface area contributed by atoms with E-state index in [-0.39, 0.29) is 5.69 Å². The van der Waals surface area contributed by atoms with Crippen molar-refractivity contribution in [2.45, 2.75) is 52.1 Å². The van der Waals surface area contributed by atoms with Crippen molar-refractivity contribution < 1.29 is 13.6 Å². The van der Waals surface area contributed by atoms with E-state index in [0.717, 1.165) is 16.7 Å². The molecule has 1 unspecified atom stereocenters. The predicted molar refractivity (Wildman–Crippen MR) is 92.5 cm³/mol. The zero-order valence-corrected chi connectivity index (χ0v) is 14.8. The molecule has 0 radical (unpaired) electrons. The number of alkyl halides is 2. The van der Waals surface area contributed by atoms with Crippen molar-refractivity contribution in [2.75, 3.05) is 6.54 Å². The minimum Gasteiger partial charge on any atom is -0.350 e. The van der Waals surface area contributed by atoms with E-state index < -0.39 is 24.8 Å². The van der Waals surface area contributed by atoms with Gasteiger partial charge in [-0.1, -0.05) is 23.8 Å². The minimum atomic E-state index is -2.61. The van der Waals surface area contributed by atoms with Crippen LogP contribution in [0.3, 0.4) is 0 Å². The number of halogens is 2. The van der Waals surface area contributed by atoms with Gasteiger partial charge in [0, 0.05) is 6.54 Å². The Morgan fingerprint density at radius 3 is 2.88 bits per heavy atom. The Hall–Kier alpha value is -2.51. The Morgan fingerprint density at radius 1 is 1.38 bits per heavy atom. The summed E-state index contributed by atoms with van der Waals surface area (Å²) in [7, 11) is 0. The molecule has 0 bridgehead atoms. The second kappa shape index (κ2) is 7.39. The first kappa shape index (κ1) is 18.3. The third kappa shape index (κ3) is 3.68. The molecular formula is C18H22F2N4O2. The quantitative estimate of drug-likeness (QED) is 0.882. The normalized spacial score (nSPS) is 16.6. The molecule has 0 spiro atoms. The number of carbonyl (C=O) groups excluding carboxylic acids is 1. The Labute approximate surface area is 149 Å². The second-order valence-electron chi connectivity index (χ2n) is 6.71. The molecule has 1 aliphatic rings. The lowest BCUT2D eigenvalue weighted by molar-refractivity contribution is -0.123. The molecule has 1 N–H and O–H groups in total. The highest BCUT2D eigenvalue weighted by atomic mass is 19.3. The molecule has 0 aliphatic carbocycles. The van der Waals surface area contributed by atoms with Crippen molar-refractivity contribution in [3.63, 3.8) is 0 Å². The SMILES string of the molecule is Cc1ccc(C)c(Cn2nc3n(c2=O)CCCC3C(=O)NCC(F)F)c1. The number of amides is 1. The molecule has 0 saturated heterocycles. The standard InChI is InChI=1S/C18H22F2N4O2/c1-11-5-6-12(2)13(8-11)10-24-18(26)23-7-3-4-14(16(23)22-24)17(25)21-9-15(19)20/h5-6,8,14-15H,3-4,7,9-10H2,1-2H3,(H,21,25). The molecule has 0 fully saturated rings. The summed E-state index contributed by atoms with van der Waals surface area (Å²) in [5.74, 6) is -0.816. The highest BCUT2D eigenvalue weighted by molar-refractivity contribution is 5.82. The number of nitrogens with zero attached hydrogens (tertiary/aromatic N) is 3. The molecule has 1 aliphatic heterocycles. The second-order valence-corrected chi connectivity index (χ2v) is 6.71. The number of benzene rings is 1. The monoisotopic (exact) mass is 364 g/mol. The van der Waals surface area contributed by atoms with Crippen molar-refractivity contribution in [3.8, 4) is 0 Å². The number of hydrogen-bond donors (Lipinski definition) is 1. The van der Waals surface area contributed by atoms with Gasteiger partial charge in [0.2, 0.25) is 5.91 Å². The van der Waals surface area contributed by atoms with Gasteiger partial charge in [-0.25, -0.2) is 18.3 Å². The Balaban J connectivity index is 1.88. The number of aryl methyl sites for hydroxylation is 2. The largest absolute Gasteiger partial charge is 0.350 e. The maximum absolute atomic E-state index is 12.7. The van der Waals surface area contributed by atoms with Gasteiger partial charge in [0.05, 0.1) is 19.0 Å². The fourth-order valence-electron chi connectivity index (χ4n) is 3.29. The Kier molecular flexibility index (Phi) is 5.20. The summed E-state index contributed by atoms with van der Waals surface area (Å²) in [4.78, 5) is 24.9. The van der Waals surface area contributed by atoms with Crippen LogP contribution >= 0.6 is 0 Å². The molecule has 1 amide bonds. The van der Waals surface area contributed by atoms with E-state index in [9.17, 15) is 18.4 Å². The van der Waals surface area contributed by atoms with Crippen LogP contribution in [-0.2, 0) is 17.9 Å². The number of nitrogens with one attached hydrogen (secondary N) is 1. The molecule has 1 atom stereocenters. The van der Waals surface area contributed by atoms with Crippen molar-refractivity contribution in [1.29, 1.82) is 0 Å². The predicted octanol–water partition coefficient (Wildman–Crippen LogP) is 1.97. The lowest BCUT2D eigenvalue weighted by Crippen LogP contribution is -2.37. The molecule has 2 heterocycles. The third-order valence-electron chi connectivity index (χ3n) is 4.71. The van der Waals surface area contributed by atoms with Crippen LogP contribution in [0.15, 0.2) is 23.0 Å². The lowest BCUT2D eigenvalue weighted by atomic mass is 9.98. The summed E-state index contributed by atoms with van der Waals surface area (Å²) in [5.41, 5.74) is 2.86. The van der Waals surface area contributed by atoms with Gasteiger partial charge in [0.25, 0.3) is 6.43 Å². The first-order valence-corrected chi connectivity index (χ1v) is 8.66. The molecule has 1 aromatic carbocycles. The van der Waals surface area contributed by atoms with Gasteiger partial charge in [0.15, 0.2) is 0 Å². The average Bonchev–Trinajstić information content (AvgIpc) is 2.92. The summed E-state index contributed by atoms with van der Waals surface area (Å²) in [6.45, 7) is 4.06. The van der Waals surface area contributed by atoms with Crippen LogP contribution in [0.1, 0.15) is 41.3 Å². The van der Waals surface area contributed by atoms with Gasteiger partial charge in [-0.15, -0.1) is 0 Å². The van der Waals surface area contributed by atoms with E-state index in [1.807, 2.05) is 32.0 Å². The average molecular weight is 364 g/mol. The van der Waals surface area contributed by atoms with E-state index in [2.05, 4.69) is 10.4 Å². The zero-order chi connectivity index (χ0) is 18.8. The van der Waals surface area contributed by atoms with E-state index in [1.54, 1.807) is 0 Å². The van der Waals surface area contributed by atoms with Crippen molar-refractivity contribution >= 4 is 5.91 Å². The van der Waals surface area contributed by atoms with Crippen LogP contribution in [0.5, 0.6) is 0 Å². The van der Waals surface area contributed by atoms with Crippen molar-refractivity contribution in [2.24, 2.45) is 0 Å². The third-order valence-corrected chi connectivity index (χ3v) is 4.71. The van der Waals surface area contributed by atoms with Gasteiger partial charge in [0.1, 0.15) is 5.82 Å². The summed E-state index contributed by atoms with van der Waals surface area (Å²) in [5, 5.41) is 6.60. The number of carbonyl (C=O) groups is 1. The number of fused-ring (bicyclic) bond motifs is 1. The van der Waals surface area contributed by atoms with Crippen LogP contribution in [-0.4, -0.2) is 33.2 Å². The summed E-state index contributed by atoms with van der Waals surface area (Å²) < 4.78 is 27.5. The smallest absolute Gasteiger partial charge is 0.346 e. The Bertz CT molecular complexity index is 873. The molecule has 8 heteroatoms. The highest BCUT2D eigenvalue weighted by Gasteiger charge is 2.31. The van der Waals surface area contributed by atoms with E-state index in [1.165, 1.54) is 9.25 Å². The molecule has 6 nitrogen and oxygen atoms in total. The number of hydrogen-bond acceptors (Lipinski definition) is 3. The van der Waals surface area contributed by atoms with Crippen molar-refractivity contribution in [1.82, 2.24) is 19.7 Å². The topological polar surface area (TPSA) is 68.9 Å². The Morgan fingerprint density at radius 2 is 2.15 bits per heavy atom. The summed E-state index contributed by atoms with van der Waals surface area (Å²) in [6, 6.07) is 6.00. The lowest BCUT2D eigenvalue weighted by Gasteiger charge is -2.21. The molecule has 2 aromatic rings. The minimum absolute atomic E-state index is 0.271. The molecule has 1 aromatic heterocycles. The molecule has 3 rings (SSSR count). The maximum atomic E-state index is 12.7. The van der Waals surface area contributed by atoms with Crippen LogP contribution in [0.25, 0.3) is 0 Å². The van der Waals surface area contributed by atoms with Crippen LogP contribution in [0, 0.1) is 13.8 Å². The first-order chi connectivity index (χ1) is 12.4. The molecule has 0 saturated carbocycles. The molecular weight excluding hydrogens is 342 g/mol. The fourth-order valence-corrected chi connectivity index (χ4v) is 3.29. The van der Waals surface area contributed by atoms with Crippen LogP contribution in [0.4, 0.5) is 8.78 Å². The van der Waals surface area contributed by atoms with Gasteiger partial charge >= 0.3 is 5.69 Å². The first-order valence-electron chi connectivity index (χ1n) is 8.66. The van der Waals surface area contributed by atoms with E-state index >= 15 is 0 Å². The summed E-state index contributed by atoms with van der Waals surface area (Å²) in [6.07, 6.45) is -1.48. The van der Waals surface area contributed by atoms with Gasteiger partial charge in [-0.05, 0) is 37.8 Å². The maximum Gasteiger partial charge on any atom is 0.346 e. The fraction of sp³-hybridized carbons (Fsp3) is 0.500. The number of aromatic nitrogens is 3. The van der Waals surface area contributed by atoms with Gasteiger partial charge < -0.3 is 5.32 Å². The van der Waals surface area contributed by atoms with Crippen LogP contribution < -0.4 is 11.0 Å². The van der Waals surface area contributed by atoms with Crippen LogP contribution in [0.2, 0.25) is 0 Å². The number of rotatable bonds is 5. The highest BCUT2D eigenvalue weighted by Crippen LogP contribution is 2.24. The van der Waals surface area contributed by atoms with Gasteiger partial charge in [-0.3, -0.25) is 9.36 Å². The van der Waals surface area contributed by atoms with E-state index in [4.69, 9.17) is 0 Å². The van der Waals surface area contributed by atoms with Crippen molar-refractivity contribution in [3.05, 3.63) is 51.2 Å². The molecule has 140 valence electrons. The summed E-state index contributed by atoms with van der Waals surface area (Å²) >= 11 is 0.